The van der Waals surface area contributed by atoms with Crippen LogP contribution >= 0.6 is 0 Å². The zero-order valence-electron chi connectivity index (χ0n) is 12.5. The standard InChI is InChI=1S/C18H16N4/c1-9-7-11(19)8-14-15(9)10(2)16-12-5-3-4-6-13(12)17(20)22-18(16)21-14/h3-8H,19H2,1-2H3,(H2,20,21,22). The van der Waals surface area contributed by atoms with E-state index in [-0.39, 0.29) is 0 Å². The maximum Gasteiger partial charge on any atom is 0.163 e. The molecule has 4 nitrogen and oxygen atoms in total. The third-order valence-corrected chi connectivity index (χ3v) is 4.24. The maximum atomic E-state index is 6.10. The monoisotopic (exact) mass is 288 g/mol. The lowest BCUT2D eigenvalue weighted by Gasteiger charge is -2.13. The Morgan fingerprint density at radius 1 is 0.864 bits per heavy atom. The van der Waals surface area contributed by atoms with Crippen molar-refractivity contribution >= 4 is 44.2 Å². The number of benzene rings is 2. The van der Waals surface area contributed by atoms with Gasteiger partial charge in [-0.1, -0.05) is 24.3 Å². The van der Waals surface area contributed by atoms with Gasteiger partial charge in [-0.15, -0.1) is 0 Å². The number of pyridine rings is 2. The van der Waals surface area contributed by atoms with E-state index >= 15 is 0 Å². The molecule has 0 bridgehead atoms. The van der Waals surface area contributed by atoms with E-state index in [1.54, 1.807) is 0 Å². The highest BCUT2D eigenvalue weighted by molar-refractivity contribution is 6.14. The Morgan fingerprint density at radius 3 is 2.36 bits per heavy atom. The zero-order chi connectivity index (χ0) is 15.4. The van der Waals surface area contributed by atoms with Gasteiger partial charge < -0.3 is 11.5 Å². The number of nitrogen functional groups attached to an aromatic ring is 2. The van der Waals surface area contributed by atoms with Gasteiger partial charge in [0.25, 0.3) is 0 Å². The highest BCUT2D eigenvalue weighted by Crippen LogP contribution is 2.34. The Bertz CT molecular complexity index is 1070. The minimum atomic E-state index is 0.509. The van der Waals surface area contributed by atoms with Crippen molar-refractivity contribution in [3.05, 3.63) is 47.5 Å². The fourth-order valence-corrected chi connectivity index (χ4v) is 3.34. The van der Waals surface area contributed by atoms with Crippen LogP contribution in [-0.2, 0) is 0 Å². The Labute approximate surface area is 127 Å². The van der Waals surface area contributed by atoms with Gasteiger partial charge in [0.15, 0.2) is 5.65 Å². The number of aryl methyl sites for hydroxylation is 2. The first kappa shape index (κ1) is 12.8. The van der Waals surface area contributed by atoms with E-state index in [0.29, 0.717) is 17.2 Å². The molecular formula is C18H16N4. The molecule has 2 aromatic carbocycles. The average Bonchev–Trinajstić information content (AvgIpc) is 2.46. The van der Waals surface area contributed by atoms with Crippen LogP contribution in [0, 0.1) is 13.8 Å². The van der Waals surface area contributed by atoms with E-state index in [4.69, 9.17) is 16.5 Å². The van der Waals surface area contributed by atoms with Crippen LogP contribution in [0.1, 0.15) is 11.1 Å². The molecule has 0 atom stereocenters. The van der Waals surface area contributed by atoms with Crippen LogP contribution < -0.4 is 11.5 Å². The Kier molecular flexibility index (Phi) is 2.51. The van der Waals surface area contributed by atoms with Crippen molar-refractivity contribution in [3.8, 4) is 0 Å². The summed E-state index contributed by atoms with van der Waals surface area (Å²) in [5, 5.41) is 4.25. The summed E-state index contributed by atoms with van der Waals surface area (Å²) < 4.78 is 0. The van der Waals surface area contributed by atoms with Gasteiger partial charge in [-0.05, 0) is 42.5 Å². The maximum absolute atomic E-state index is 6.10. The van der Waals surface area contributed by atoms with Crippen molar-refractivity contribution in [1.82, 2.24) is 9.97 Å². The molecule has 0 spiro atoms. The summed E-state index contributed by atoms with van der Waals surface area (Å²) in [7, 11) is 0. The molecule has 0 amide bonds. The van der Waals surface area contributed by atoms with Gasteiger partial charge >= 0.3 is 0 Å². The summed E-state index contributed by atoms with van der Waals surface area (Å²) in [6.45, 7) is 4.17. The van der Waals surface area contributed by atoms with E-state index in [1.807, 2.05) is 30.3 Å². The van der Waals surface area contributed by atoms with E-state index in [0.717, 1.165) is 32.6 Å². The molecule has 0 saturated carbocycles. The summed E-state index contributed by atoms with van der Waals surface area (Å²) in [5.74, 6) is 0.509. The molecule has 108 valence electrons. The second kappa shape index (κ2) is 4.31. The molecule has 4 rings (SSSR count). The van der Waals surface area contributed by atoms with Crippen molar-refractivity contribution in [1.29, 1.82) is 0 Å². The number of fused-ring (bicyclic) bond motifs is 4. The van der Waals surface area contributed by atoms with Gasteiger partial charge in [0.2, 0.25) is 0 Å². The van der Waals surface area contributed by atoms with E-state index < -0.39 is 0 Å². The van der Waals surface area contributed by atoms with Crippen molar-refractivity contribution in [3.63, 3.8) is 0 Å². The Balaban J connectivity index is 2.34. The van der Waals surface area contributed by atoms with Crippen molar-refractivity contribution in [2.75, 3.05) is 11.5 Å². The fraction of sp³-hybridized carbons (Fsp3) is 0.111. The minimum absolute atomic E-state index is 0.509. The number of nitrogens with two attached hydrogens (primary N) is 2. The minimum Gasteiger partial charge on any atom is -0.399 e. The first-order valence-electron chi connectivity index (χ1n) is 7.20. The average molecular weight is 288 g/mol. The van der Waals surface area contributed by atoms with Gasteiger partial charge in [0, 0.05) is 21.8 Å². The van der Waals surface area contributed by atoms with Crippen LogP contribution in [0.4, 0.5) is 11.5 Å². The summed E-state index contributed by atoms with van der Waals surface area (Å²) >= 11 is 0. The smallest absolute Gasteiger partial charge is 0.163 e. The molecule has 22 heavy (non-hydrogen) atoms. The quantitative estimate of drug-likeness (QED) is 0.294. The summed E-state index contributed by atoms with van der Waals surface area (Å²) in [5.41, 5.74) is 16.6. The lowest BCUT2D eigenvalue weighted by molar-refractivity contribution is 1.33. The first-order chi connectivity index (χ1) is 10.6. The number of nitrogens with zero attached hydrogens (tertiary/aromatic N) is 2. The zero-order valence-corrected chi connectivity index (χ0v) is 12.5. The second-order valence-corrected chi connectivity index (χ2v) is 5.71. The van der Waals surface area contributed by atoms with Crippen LogP contribution in [0.15, 0.2) is 36.4 Å². The van der Waals surface area contributed by atoms with Gasteiger partial charge in [0.05, 0.1) is 5.52 Å². The molecule has 4 heteroatoms. The fourth-order valence-electron chi connectivity index (χ4n) is 3.34. The van der Waals surface area contributed by atoms with Crippen LogP contribution in [0.3, 0.4) is 0 Å². The molecule has 0 fully saturated rings. The molecule has 4 aromatic rings. The van der Waals surface area contributed by atoms with Gasteiger partial charge in [0.1, 0.15) is 5.82 Å². The number of anilines is 2. The summed E-state index contributed by atoms with van der Waals surface area (Å²) in [4.78, 5) is 9.20. The van der Waals surface area contributed by atoms with Gasteiger partial charge in [-0.2, -0.15) is 0 Å². The number of hydrogen-bond donors (Lipinski definition) is 2. The molecule has 0 aliphatic heterocycles. The van der Waals surface area contributed by atoms with Gasteiger partial charge in [-0.3, -0.25) is 0 Å². The first-order valence-corrected chi connectivity index (χ1v) is 7.20. The highest BCUT2D eigenvalue weighted by atomic mass is 14.9. The van der Waals surface area contributed by atoms with E-state index in [2.05, 4.69) is 24.9 Å². The van der Waals surface area contributed by atoms with E-state index in [1.165, 1.54) is 5.56 Å². The predicted molar refractivity (Wildman–Crippen MR) is 92.8 cm³/mol. The predicted octanol–water partition coefficient (Wildman–Crippen LogP) is 3.72. The Hall–Kier alpha value is -2.88. The molecular weight excluding hydrogens is 272 g/mol. The number of hydrogen-bond acceptors (Lipinski definition) is 4. The molecule has 0 radical (unpaired) electrons. The van der Waals surface area contributed by atoms with Crippen LogP contribution in [0.5, 0.6) is 0 Å². The molecule has 0 aliphatic rings. The van der Waals surface area contributed by atoms with Crippen molar-refractivity contribution in [2.45, 2.75) is 13.8 Å². The normalized spacial score (nSPS) is 11.5. The van der Waals surface area contributed by atoms with Gasteiger partial charge in [-0.25, -0.2) is 9.97 Å². The summed E-state index contributed by atoms with van der Waals surface area (Å²) in [6.07, 6.45) is 0. The third kappa shape index (κ3) is 1.64. The van der Waals surface area contributed by atoms with Crippen LogP contribution in [0.25, 0.3) is 32.7 Å². The lowest BCUT2D eigenvalue weighted by atomic mass is 9.98. The largest absolute Gasteiger partial charge is 0.399 e. The van der Waals surface area contributed by atoms with Crippen molar-refractivity contribution < 1.29 is 0 Å². The highest BCUT2D eigenvalue weighted by Gasteiger charge is 2.14. The molecule has 4 N–H and O–H groups in total. The topological polar surface area (TPSA) is 77.8 Å². The second-order valence-electron chi connectivity index (χ2n) is 5.71. The third-order valence-electron chi connectivity index (χ3n) is 4.24. The summed E-state index contributed by atoms with van der Waals surface area (Å²) in [6, 6.07) is 11.9. The van der Waals surface area contributed by atoms with Crippen molar-refractivity contribution in [2.24, 2.45) is 0 Å². The van der Waals surface area contributed by atoms with E-state index in [9.17, 15) is 0 Å². The van der Waals surface area contributed by atoms with Crippen LogP contribution in [0.2, 0.25) is 0 Å². The van der Waals surface area contributed by atoms with Crippen LogP contribution in [-0.4, -0.2) is 9.97 Å². The molecule has 0 unspecified atom stereocenters. The lowest BCUT2D eigenvalue weighted by Crippen LogP contribution is -1.99. The number of aromatic nitrogens is 2. The molecule has 0 saturated heterocycles. The molecule has 0 aliphatic carbocycles. The SMILES string of the molecule is Cc1cc(N)cc2nc3nc(N)c4ccccc4c3c(C)c12. The Morgan fingerprint density at radius 2 is 1.59 bits per heavy atom. The molecule has 2 aromatic heterocycles. The molecule has 2 heterocycles. The number of rotatable bonds is 0.